The summed E-state index contributed by atoms with van der Waals surface area (Å²) in [6.45, 7) is 2.10. The van der Waals surface area contributed by atoms with Crippen LogP contribution in [0.3, 0.4) is 0 Å². The minimum absolute atomic E-state index is 0.882. The van der Waals surface area contributed by atoms with Gasteiger partial charge in [0.1, 0.15) is 5.69 Å². The van der Waals surface area contributed by atoms with Crippen LogP contribution in [0.2, 0.25) is 0 Å². The number of rotatable bonds is 4. The van der Waals surface area contributed by atoms with Crippen LogP contribution in [0, 0.1) is 0 Å². The van der Waals surface area contributed by atoms with Gasteiger partial charge < -0.3 is 10.7 Å². The Morgan fingerprint density at radius 1 is 1.14 bits per heavy atom. The third kappa shape index (κ3) is 2.91. The lowest BCUT2D eigenvalue weighted by Crippen LogP contribution is -1.92. The highest BCUT2D eigenvalue weighted by Crippen LogP contribution is 2.32. The van der Waals surface area contributed by atoms with E-state index in [0.29, 0.717) is 0 Å². The molecule has 3 aromatic heterocycles. The number of nitrogens with two attached hydrogens (primary N) is 1. The lowest BCUT2D eigenvalue weighted by Gasteiger charge is -2.08. The summed E-state index contributed by atoms with van der Waals surface area (Å²) in [6, 6.07) is 12.3. The zero-order valence-corrected chi connectivity index (χ0v) is 15.7. The summed E-state index contributed by atoms with van der Waals surface area (Å²) >= 11 is 0. The summed E-state index contributed by atoms with van der Waals surface area (Å²) in [5.74, 6) is 0. The number of H-pyrrole nitrogens is 2. The van der Waals surface area contributed by atoms with Gasteiger partial charge in [0.25, 0.3) is 0 Å². The van der Waals surface area contributed by atoms with Gasteiger partial charge in [0.05, 0.1) is 22.2 Å². The molecular weight excluding hydrogens is 346 g/mol. The molecule has 0 aliphatic heterocycles. The van der Waals surface area contributed by atoms with E-state index in [4.69, 9.17) is 5.73 Å². The minimum atomic E-state index is 0.882. The second-order valence-corrected chi connectivity index (χ2v) is 7.21. The highest BCUT2D eigenvalue weighted by atomic mass is 15.1. The monoisotopic (exact) mass is 367 g/mol. The van der Waals surface area contributed by atoms with E-state index in [-0.39, 0.29) is 0 Å². The molecule has 1 saturated carbocycles. The number of benzene rings is 1. The van der Waals surface area contributed by atoms with Crippen molar-refractivity contribution in [3.63, 3.8) is 0 Å². The number of hydrogen-bond donors (Lipinski definition) is 3. The summed E-state index contributed by atoms with van der Waals surface area (Å²) in [4.78, 5) is 7.82. The molecule has 0 atom stereocenters. The number of allylic oxidation sites excluding steroid dienone is 5. The number of nitrogens with one attached hydrogen (secondary N) is 2. The fourth-order valence-electron chi connectivity index (χ4n) is 3.50. The Morgan fingerprint density at radius 3 is 2.82 bits per heavy atom. The van der Waals surface area contributed by atoms with Crippen molar-refractivity contribution in [2.45, 2.75) is 19.8 Å². The molecule has 5 heteroatoms. The first kappa shape index (κ1) is 16.6. The molecule has 138 valence electrons. The molecule has 5 nitrogen and oxygen atoms in total. The summed E-state index contributed by atoms with van der Waals surface area (Å²) in [6.07, 6.45) is 10.3. The van der Waals surface area contributed by atoms with Crippen molar-refractivity contribution in [2.75, 3.05) is 0 Å². The summed E-state index contributed by atoms with van der Waals surface area (Å²) in [5.41, 5.74) is 15.5. The van der Waals surface area contributed by atoms with Crippen molar-refractivity contribution in [3.05, 3.63) is 77.7 Å². The van der Waals surface area contributed by atoms with Crippen molar-refractivity contribution < 1.29 is 0 Å². The number of aromatic amines is 2. The van der Waals surface area contributed by atoms with Gasteiger partial charge in [-0.15, -0.1) is 0 Å². The number of nitrogens with zero attached hydrogens (tertiary/aromatic N) is 2. The smallest absolute Gasteiger partial charge is 0.116 e. The van der Waals surface area contributed by atoms with Crippen LogP contribution in [0.15, 0.2) is 72.1 Å². The first-order chi connectivity index (χ1) is 13.7. The highest BCUT2D eigenvalue weighted by Gasteiger charge is 2.14. The van der Waals surface area contributed by atoms with Gasteiger partial charge in [-0.1, -0.05) is 23.8 Å². The van der Waals surface area contributed by atoms with E-state index in [1.807, 2.05) is 18.2 Å². The molecule has 1 aliphatic carbocycles. The minimum Gasteiger partial charge on any atom is -0.404 e. The van der Waals surface area contributed by atoms with Crippen molar-refractivity contribution in [2.24, 2.45) is 5.73 Å². The van der Waals surface area contributed by atoms with Gasteiger partial charge in [-0.3, -0.25) is 10.1 Å². The van der Waals surface area contributed by atoms with Crippen LogP contribution in [-0.4, -0.2) is 20.2 Å². The van der Waals surface area contributed by atoms with Gasteiger partial charge in [-0.05, 0) is 61.2 Å². The van der Waals surface area contributed by atoms with Gasteiger partial charge in [-0.2, -0.15) is 5.10 Å². The van der Waals surface area contributed by atoms with E-state index in [2.05, 4.69) is 57.4 Å². The number of aromatic nitrogens is 4. The summed E-state index contributed by atoms with van der Waals surface area (Å²) in [7, 11) is 0. The summed E-state index contributed by atoms with van der Waals surface area (Å²) < 4.78 is 0. The molecule has 0 radical (unpaired) electrons. The van der Waals surface area contributed by atoms with Crippen LogP contribution in [0.5, 0.6) is 0 Å². The van der Waals surface area contributed by atoms with Crippen LogP contribution < -0.4 is 5.73 Å². The Balaban J connectivity index is 1.59. The maximum Gasteiger partial charge on any atom is 0.116 e. The molecule has 1 fully saturated rings. The average Bonchev–Trinajstić information content (AvgIpc) is 3.29. The molecule has 1 aliphatic rings. The number of pyridine rings is 1. The van der Waals surface area contributed by atoms with E-state index in [1.54, 1.807) is 12.4 Å². The first-order valence-corrected chi connectivity index (χ1v) is 9.44. The molecule has 0 amide bonds. The van der Waals surface area contributed by atoms with E-state index in [0.717, 1.165) is 50.0 Å². The quantitative estimate of drug-likeness (QED) is 0.440. The third-order valence-corrected chi connectivity index (χ3v) is 5.22. The predicted molar refractivity (Wildman–Crippen MR) is 114 cm³/mol. The van der Waals surface area contributed by atoms with Gasteiger partial charge in [0, 0.05) is 23.4 Å². The molecule has 0 bridgehead atoms. The molecule has 5 rings (SSSR count). The molecular formula is C23H21N5. The maximum absolute atomic E-state index is 5.99. The number of hydrogen-bond acceptors (Lipinski definition) is 3. The van der Waals surface area contributed by atoms with Crippen LogP contribution >= 0.6 is 0 Å². The Morgan fingerprint density at radius 2 is 2.04 bits per heavy atom. The van der Waals surface area contributed by atoms with Gasteiger partial charge in [0.2, 0.25) is 0 Å². The van der Waals surface area contributed by atoms with Crippen LogP contribution in [0.4, 0.5) is 0 Å². The van der Waals surface area contributed by atoms with Crippen LogP contribution in [-0.2, 0) is 0 Å². The average molecular weight is 367 g/mol. The van der Waals surface area contributed by atoms with Crippen molar-refractivity contribution in [1.29, 1.82) is 0 Å². The lowest BCUT2D eigenvalue weighted by atomic mass is 9.97. The molecule has 0 spiro atoms. The molecule has 0 saturated heterocycles. The van der Waals surface area contributed by atoms with Crippen LogP contribution in [0.1, 0.15) is 25.3 Å². The molecule has 4 N–H and O–H groups in total. The fraction of sp³-hybridized carbons (Fsp3) is 0.130. The molecule has 1 aromatic carbocycles. The Bertz CT molecular complexity index is 1240. The second-order valence-electron chi connectivity index (χ2n) is 7.21. The van der Waals surface area contributed by atoms with Gasteiger partial charge in [0.15, 0.2) is 0 Å². The Hall–Kier alpha value is -3.60. The second kappa shape index (κ2) is 6.53. The van der Waals surface area contributed by atoms with Crippen molar-refractivity contribution in [1.82, 2.24) is 20.2 Å². The molecule has 3 heterocycles. The molecule has 28 heavy (non-hydrogen) atoms. The number of fused-ring (bicyclic) bond motifs is 2. The lowest BCUT2D eigenvalue weighted by molar-refractivity contribution is 1.12. The predicted octanol–water partition coefficient (Wildman–Crippen LogP) is 5.07. The molecule has 4 aromatic rings. The van der Waals surface area contributed by atoms with Gasteiger partial charge >= 0.3 is 0 Å². The Labute approximate surface area is 162 Å². The normalized spacial score (nSPS) is 14.8. The van der Waals surface area contributed by atoms with Gasteiger partial charge in [-0.25, -0.2) is 0 Å². The largest absolute Gasteiger partial charge is 0.404 e. The topological polar surface area (TPSA) is 83.4 Å². The summed E-state index contributed by atoms with van der Waals surface area (Å²) in [5, 5.41) is 8.72. The standard InChI is InChI=1S/C23H21N5/c1-14(4-5-15-6-7-15)18(13-24)16-8-9-19-17(11-16)23(28-27-19)22-12-21-20(26-22)3-2-10-25-21/h2-5,8-13,26H,6-7,24H2,1H3,(H,27,28)/b14-4-,18-13+. The zero-order valence-electron chi connectivity index (χ0n) is 15.7. The fourth-order valence-corrected chi connectivity index (χ4v) is 3.50. The van der Waals surface area contributed by atoms with E-state index in [9.17, 15) is 0 Å². The zero-order chi connectivity index (χ0) is 19.1. The van der Waals surface area contributed by atoms with Crippen molar-refractivity contribution >= 4 is 27.5 Å². The van der Waals surface area contributed by atoms with E-state index >= 15 is 0 Å². The van der Waals surface area contributed by atoms with Crippen LogP contribution in [0.25, 0.3) is 38.9 Å². The van der Waals surface area contributed by atoms with E-state index < -0.39 is 0 Å². The molecule has 0 unspecified atom stereocenters. The Kier molecular flexibility index (Phi) is 3.86. The SMILES string of the molecule is CC(=C/C=C1CC1)/C(=C\N)c1ccc2[nH]nc(-c3cc4ncccc4[nH]3)c2c1. The highest BCUT2D eigenvalue weighted by molar-refractivity contribution is 5.97. The maximum atomic E-state index is 5.99. The van der Waals surface area contributed by atoms with Crippen molar-refractivity contribution in [3.8, 4) is 11.4 Å². The third-order valence-electron chi connectivity index (χ3n) is 5.22. The first-order valence-electron chi connectivity index (χ1n) is 9.44. The van der Waals surface area contributed by atoms with E-state index in [1.165, 1.54) is 18.4 Å².